The first-order valence-corrected chi connectivity index (χ1v) is 10.7. The van der Waals surface area contributed by atoms with Gasteiger partial charge in [-0.1, -0.05) is 26.0 Å². The van der Waals surface area contributed by atoms with Crippen LogP contribution in [0.5, 0.6) is 17.5 Å². The molecule has 6 nitrogen and oxygen atoms in total. The summed E-state index contributed by atoms with van der Waals surface area (Å²) in [6.07, 6.45) is 2.54. The summed E-state index contributed by atoms with van der Waals surface area (Å²) in [6, 6.07) is 12.0. The Balaban J connectivity index is 1.60. The number of ether oxygens (including phenoxy) is 3. The zero-order valence-corrected chi connectivity index (χ0v) is 18.4. The van der Waals surface area contributed by atoms with Gasteiger partial charge in [-0.15, -0.1) is 0 Å². The molecule has 1 aromatic heterocycles. The fraction of sp³-hybridized carbons (Fsp3) is 0.500. The summed E-state index contributed by atoms with van der Waals surface area (Å²) in [4.78, 5) is 18.1. The van der Waals surface area contributed by atoms with Crippen LogP contribution in [-0.2, 0) is 4.79 Å². The summed E-state index contributed by atoms with van der Waals surface area (Å²) in [6.45, 7) is 8.07. The first-order valence-electron chi connectivity index (χ1n) is 10.7. The number of methoxy groups -OCH3 is 1. The third-order valence-electron chi connectivity index (χ3n) is 5.29. The monoisotopic (exact) mass is 412 g/mol. The largest absolute Gasteiger partial charge is 0.489 e. The molecular weight excluding hydrogens is 380 g/mol. The van der Waals surface area contributed by atoms with E-state index in [9.17, 15) is 4.79 Å². The summed E-state index contributed by atoms with van der Waals surface area (Å²) >= 11 is 0. The molecule has 1 aliphatic heterocycles. The molecule has 0 amide bonds. The van der Waals surface area contributed by atoms with E-state index in [0.717, 1.165) is 42.9 Å². The van der Waals surface area contributed by atoms with E-state index in [4.69, 9.17) is 14.2 Å². The molecule has 1 aliphatic rings. The molecule has 2 heterocycles. The van der Waals surface area contributed by atoms with Crippen LogP contribution in [0.4, 0.5) is 5.69 Å². The molecule has 0 N–H and O–H groups in total. The van der Waals surface area contributed by atoms with Crippen molar-refractivity contribution in [1.82, 2.24) is 4.98 Å². The van der Waals surface area contributed by atoms with E-state index in [2.05, 4.69) is 35.9 Å². The maximum Gasteiger partial charge on any atom is 0.240 e. The molecule has 2 aromatic rings. The van der Waals surface area contributed by atoms with Crippen molar-refractivity contribution in [3.05, 3.63) is 42.0 Å². The quantitative estimate of drug-likeness (QED) is 0.567. The number of benzene rings is 1. The molecular formula is C24H32N2O4. The van der Waals surface area contributed by atoms with Crippen LogP contribution in [0.2, 0.25) is 0 Å². The van der Waals surface area contributed by atoms with Crippen molar-refractivity contribution in [3.63, 3.8) is 0 Å². The molecule has 0 aliphatic carbocycles. The topological polar surface area (TPSA) is 60.9 Å². The number of hydrogen-bond donors (Lipinski definition) is 0. The fourth-order valence-corrected chi connectivity index (χ4v) is 3.75. The van der Waals surface area contributed by atoms with Crippen molar-refractivity contribution < 1.29 is 19.0 Å². The van der Waals surface area contributed by atoms with E-state index in [0.29, 0.717) is 24.8 Å². The molecule has 30 heavy (non-hydrogen) atoms. The summed E-state index contributed by atoms with van der Waals surface area (Å²) in [5.41, 5.74) is 2.12. The molecule has 2 atom stereocenters. The lowest BCUT2D eigenvalue weighted by atomic mass is 9.96. The minimum absolute atomic E-state index is 0.103. The van der Waals surface area contributed by atoms with Crippen LogP contribution in [-0.4, -0.2) is 43.7 Å². The predicted octanol–water partition coefficient (Wildman–Crippen LogP) is 4.62. The van der Waals surface area contributed by atoms with Gasteiger partial charge in [0.2, 0.25) is 11.8 Å². The molecule has 0 saturated carbocycles. The van der Waals surface area contributed by atoms with Crippen molar-refractivity contribution in [2.75, 3.05) is 31.7 Å². The lowest BCUT2D eigenvalue weighted by Gasteiger charge is -2.21. The van der Waals surface area contributed by atoms with Crippen LogP contribution in [0.15, 0.2) is 36.4 Å². The maximum atomic E-state index is 11.3. The third kappa shape index (κ3) is 5.65. The molecule has 0 bridgehead atoms. The maximum absolute atomic E-state index is 11.3. The van der Waals surface area contributed by atoms with Gasteiger partial charge in [-0.2, -0.15) is 4.98 Å². The van der Waals surface area contributed by atoms with Crippen LogP contribution >= 0.6 is 0 Å². The van der Waals surface area contributed by atoms with Crippen molar-refractivity contribution in [2.24, 2.45) is 0 Å². The Hall–Kier alpha value is -2.76. The van der Waals surface area contributed by atoms with Crippen molar-refractivity contribution in [3.8, 4) is 17.5 Å². The van der Waals surface area contributed by atoms with Crippen molar-refractivity contribution >= 4 is 11.5 Å². The second kappa shape index (κ2) is 10.3. The van der Waals surface area contributed by atoms with E-state index in [1.54, 1.807) is 14.0 Å². The average molecular weight is 413 g/mol. The number of carbonyl (C=O) groups excluding carboxylic acids is 1. The standard InChI is InChI=1S/C24H32N2O4/c1-5-14-29-23-11-10-22(24(25-23)28-4)26-13-12-21(16-26)30-20-8-6-19(7-9-20)17(2)15-18(3)27/h6-11,17,21H,5,12-16H2,1-4H3/t17-,21-/m1/s1. The molecule has 162 valence electrons. The minimum Gasteiger partial charge on any atom is -0.489 e. The van der Waals surface area contributed by atoms with Gasteiger partial charge in [-0.3, -0.25) is 0 Å². The fourth-order valence-electron chi connectivity index (χ4n) is 3.75. The summed E-state index contributed by atoms with van der Waals surface area (Å²) in [5, 5.41) is 0. The van der Waals surface area contributed by atoms with E-state index >= 15 is 0 Å². The highest BCUT2D eigenvalue weighted by atomic mass is 16.5. The Labute approximate surface area is 179 Å². The van der Waals surface area contributed by atoms with Crippen LogP contribution in [0.3, 0.4) is 0 Å². The smallest absolute Gasteiger partial charge is 0.240 e. The number of hydrogen-bond acceptors (Lipinski definition) is 6. The lowest BCUT2D eigenvalue weighted by molar-refractivity contribution is -0.117. The second-order valence-electron chi connectivity index (χ2n) is 7.88. The number of rotatable bonds is 10. The second-order valence-corrected chi connectivity index (χ2v) is 7.88. The molecule has 3 rings (SSSR count). The molecule has 0 spiro atoms. The van der Waals surface area contributed by atoms with Crippen LogP contribution in [0, 0.1) is 0 Å². The van der Waals surface area contributed by atoms with Crippen LogP contribution in [0.25, 0.3) is 0 Å². The normalized spacial score (nSPS) is 16.9. The predicted molar refractivity (Wildman–Crippen MR) is 118 cm³/mol. The summed E-state index contributed by atoms with van der Waals surface area (Å²) in [5.74, 6) is 2.46. The zero-order valence-electron chi connectivity index (χ0n) is 18.4. The van der Waals surface area contributed by atoms with E-state index in [1.165, 1.54) is 0 Å². The van der Waals surface area contributed by atoms with E-state index in [-0.39, 0.29) is 17.8 Å². The minimum atomic E-state index is 0.103. The highest BCUT2D eigenvalue weighted by Crippen LogP contribution is 2.32. The highest BCUT2D eigenvalue weighted by Gasteiger charge is 2.27. The Morgan fingerprint density at radius 1 is 1.23 bits per heavy atom. The molecule has 1 saturated heterocycles. The molecule has 1 fully saturated rings. The number of nitrogens with zero attached hydrogens (tertiary/aromatic N) is 2. The molecule has 0 radical (unpaired) electrons. The van der Waals surface area contributed by atoms with Crippen molar-refractivity contribution in [1.29, 1.82) is 0 Å². The molecule has 0 unspecified atom stereocenters. The van der Waals surface area contributed by atoms with E-state index in [1.807, 2.05) is 24.3 Å². The number of aromatic nitrogens is 1. The van der Waals surface area contributed by atoms with Gasteiger partial charge in [0.25, 0.3) is 0 Å². The number of anilines is 1. The Kier molecular flexibility index (Phi) is 7.55. The Morgan fingerprint density at radius 3 is 2.67 bits per heavy atom. The first kappa shape index (κ1) is 21.9. The van der Waals surface area contributed by atoms with Gasteiger partial charge < -0.3 is 23.9 Å². The van der Waals surface area contributed by atoms with Gasteiger partial charge in [0.15, 0.2) is 0 Å². The van der Waals surface area contributed by atoms with Gasteiger partial charge in [0.05, 0.1) is 20.3 Å². The van der Waals surface area contributed by atoms with Gasteiger partial charge >= 0.3 is 0 Å². The van der Waals surface area contributed by atoms with Gasteiger partial charge in [-0.05, 0) is 43.0 Å². The number of pyridine rings is 1. The average Bonchev–Trinajstić information content (AvgIpc) is 3.20. The van der Waals surface area contributed by atoms with Gasteiger partial charge in [-0.25, -0.2) is 0 Å². The highest BCUT2D eigenvalue weighted by molar-refractivity contribution is 5.76. The third-order valence-corrected chi connectivity index (χ3v) is 5.29. The lowest BCUT2D eigenvalue weighted by Crippen LogP contribution is -2.25. The SMILES string of the molecule is CCCOc1ccc(N2CC[C@@H](Oc3ccc([C@H](C)CC(C)=O)cc3)C2)c(OC)n1. The van der Waals surface area contributed by atoms with Gasteiger partial charge in [0, 0.05) is 25.5 Å². The number of carbonyl (C=O) groups is 1. The summed E-state index contributed by atoms with van der Waals surface area (Å²) < 4.78 is 17.3. The number of Topliss-reactive ketones (excluding diaryl/α,β-unsaturated/α-hetero) is 1. The van der Waals surface area contributed by atoms with Crippen LogP contribution < -0.4 is 19.1 Å². The van der Waals surface area contributed by atoms with Crippen molar-refractivity contribution in [2.45, 2.75) is 52.1 Å². The summed E-state index contributed by atoms with van der Waals surface area (Å²) in [7, 11) is 1.63. The first-order chi connectivity index (χ1) is 14.5. The number of ketones is 1. The Morgan fingerprint density at radius 2 is 2.00 bits per heavy atom. The Bertz CT molecular complexity index is 838. The van der Waals surface area contributed by atoms with Gasteiger partial charge in [0.1, 0.15) is 23.3 Å². The van der Waals surface area contributed by atoms with E-state index < -0.39 is 0 Å². The molecule has 1 aromatic carbocycles. The zero-order chi connectivity index (χ0) is 21.5. The van der Waals surface area contributed by atoms with Crippen LogP contribution in [0.1, 0.15) is 51.5 Å². The molecule has 6 heteroatoms.